The van der Waals surface area contributed by atoms with Crippen LogP contribution in [0.1, 0.15) is 31.2 Å². The van der Waals surface area contributed by atoms with Crippen LogP contribution in [0.2, 0.25) is 0 Å². The number of amides is 1. The molecule has 1 N–H and O–H groups in total. The smallest absolute Gasteiger partial charge is 0.244 e. The molecule has 2 aliphatic carbocycles. The summed E-state index contributed by atoms with van der Waals surface area (Å²) in [5.41, 5.74) is 0.837. The Morgan fingerprint density at radius 1 is 1.21 bits per heavy atom. The molecule has 3 heteroatoms. The van der Waals surface area contributed by atoms with Crippen molar-refractivity contribution in [3.05, 3.63) is 41.7 Å². The Kier molecular flexibility index (Phi) is 3.36. The molecule has 2 bridgehead atoms. The Bertz CT molecular complexity index is 494. The highest BCUT2D eigenvalue weighted by Crippen LogP contribution is 2.44. The summed E-state index contributed by atoms with van der Waals surface area (Å²) in [6.07, 6.45) is 8.29. The summed E-state index contributed by atoms with van der Waals surface area (Å²) in [6, 6.07) is 6.48. The summed E-state index contributed by atoms with van der Waals surface area (Å²) in [7, 11) is 0. The molecule has 0 saturated heterocycles. The third kappa shape index (κ3) is 2.86. The van der Waals surface area contributed by atoms with Crippen LogP contribution >= 0.6 is 0 Å². The minimum Gasteiger partial charge on any atom is -0.350 e. The van der Waals surface area contributed by atoms with Crippen LogP contribution in [-0.4, -0.2) is 11.9 Å². The fraction of sp³-hybridized carbons (Fsp3) is 0.438. The van der Waals surface area contributed by atoms with Crippen molar-refractivity contribution in [1.29, 1.82) is 0 Å². The first-order valence-corrected chi connectivity index (χ1v) is 6.95. The molecule has 1 aromatic carbocycles. The van der Waals surface area contributed by atoms with Gasteiger partial charge in [0.15, 0.2) is 0 Å². The van der Waals surface area contributed by atoms with Crippen LogP contribution in [-0.2, 0) is 4.79 Å². The average Bonchev–Trinajstić information content (AvgIpc) is 3.00. The quantitative estimate of drug-likeness (QED) is 0.830. The molecule has 1 aromatic rings. The fourth-order valence-electron chi connectivity index (χ4n) is 3.40. The number of carbonyl (C=O) groups excluding carboxylic acids is 1. The van der Waals surface area contributed by atoms with E-state index in [1.54, 1.807) is 24.3 Å². The highest BCUT2D eigenvalue weighted by atomic mass is 19.1. The van der Waals surface area contributed by atoms with Crippen LogP contribution in [0.25, 0.3) is 6.08 Å². The van der Waals surface area contributed by atoms with Gasteiger partial charge >= 0.3 is 0 Å². The standard InChI is InChI=1S/C16H18FNO/c17-14-6-2-11(3-7-14)4-8-16(19)18-15-10-12-1-5-13(15)9-12/h2-4,6-8,12-13,15H,1,5,9-10H2,(H,18,19)/b8-4+/t12-,13+,15+/m1/s1. The zero-order chi connectivity index (χ0) is 13.2. The molecule has 3 atom stereocenters. The zero-order valence-corrected chi connectivity index (χ0v) is 10.8. The van der Waals surface area contributed by atoms with Crippen LogP contribution in [0, 0.1) is 17.7 Å². The Labute approximate surface area is 112 Å². The first-order valence-electron chi connectivity index (χ1n) is 6.95. The topological polar surface area (TPSA) is 29.1 Å². The van der Waals surface area contributed by atoms with Gasteiger partial charge in [0.2, 0.25) is 5.91 Å². The summed E-state index contributed by atoms with van der Waals surface area (Å²) in [5, 5.41) is 3.09. The van der Waals surface area contributed by atoms with Gasteiger partial charge in [-0.3, -0.25) is 4.79 Å². The van der Waals surface area contributed by atoms with Crippen molar-refractivity contribution >= 4 is 12.0 Å². The van der Waals surface area contributed by atoms with Gasteiger partial charge in [-0.25, -0.2) is 4.39 Å². The molecule has 2 saturated carbocycles. The lowest BCUT2D eigenvalue weighted by Crippen LogP contribution is -2.37. The third-order valence-corrected chi connectivity index (χ3v) is 4.36. The van der Waals surface area contributed by atoms with E-state index in [4.69, 9.17) is 0 Å². The molecule has 2 aliphatic rings. The number of hydrogen-bond donors (Lipinski definition) is 1. The second-order valence-corrected chi connectivity index (χ2v) is 5.67. The Morgan fingerprint density at radius 3 is 2.63 bits per heavy atom. The monoisotopic (exact) mass is 259 g/mol. The second kappa shape index (κ2) is 5.16. The number of carbonyl (C=O) groups is 1. The molecular weight excluding hydrogens is 241 g/mol. The van der Waals surface area contributed by atoms with Gasteiger partial charge in [0.25, 0.3) is 0 Å². The molecule has 2 fully saturated rings. The Balaban J connectivity index is 1.55. The maximum absolute atomic E-state index is 12.7. The Hall–Kier alpha value is -1.64. The van der Waals surface area contributed by atoms with Gasteiger partial charge < -0.3 is 5.32 Å². The van der Waals surface area contributed by atoms with Crippen LogP contribution < -0.4 is 5.32 Å². The zero-order valence-electron chi connectivity index (χ0n) is 10.8. The van der Waals surface area contributed by atoms with E-state index in [0.717, 1.165) is 17.9 Å². The van der Waals surface area contributed by atoms with Gasteiger partial charge in [-0.05, 0) is 54.9 Å². The van der Waals surface area contributed by atoms with Crippen molar-refractivity contribution in [1.82, 2.24) is 5.32 Å². The van der Waals surface area contributed by atoms with Crippen LogP contribution in [0.4, 0.5) is 4.39 Å². The van der Waals surface area contributed by atoms with Gasteiger partial charge in [0, 0.05) is 12.1 Å². The molecule has 100 valence electrons. The SMILES string of the molecule is O=C(/C=C/c1ccc(F)cc1)N[C@H]1C[C@@H]2CC[C@H]1C2. The van der Waals surface area contributed by atoms with Crippen molar-refractivity contribution in [3.63, 3.8) is 0 Å². The van der Waals surface area contributed by atoms with E-state index in [-0.39, 0.29) is 11.7 Å². The summed E-state index contributed by atoms with van der Waals surface area (Å²) >= 11 is 0. The number of hydrogen-bond acceptors (Lipinski definition) is 1. The molecule has 0 unspecified atom stereocenters. The number of rotatable bonds is 3. The first kappa shape index (κ1) is 12.4. The molecule has 3 rings (SSSR count). The van der Waals surface area contributed by atoms with Gasteiger partial charge in [0.05, 0.1) is 0 Å². The van der Waals surface area contributed by atoms with E-state index in [1.807, 2.05) is 0 Å². The van der Waals surface area contributed by atoms with E-state index in [2.05, 4.69) is 5.32 Å². The van der Waals surface area contributed by atoms with Crippen molar-refractivity contribution in [2.24, 2.45) is 11.8 Å². The van der Waals surface area contributed by atoms with Gasteiger partial charge in [-0.1, -0.05) is 18.6 Å². The fourth-order valence-corrected chi connectivity index (χ4v) is 3.40. The van der Waals surface area contributed by atoms with E-state index in [9.17, 15) is 9.18 Å². The molecule has 0 heterocycles. The lowest BCUT2D eigenvalue weighted by molar-refractivity contribution is -0.117. The van der Waals surface area contributed by atoms with E-state index in [1.165, 1.54) is 31.4 Å². The molecular formula is C16H18FNO. The predicted octanol–water partition coefficient (Wildman–Crippen LogP) is 3.14. The molecule has 0 spiro atoms. The lowest BCUT2D eigenvalue weighted by atomic mass is 9.95. The minimum atomic E-state index is -0.261. The summed E-state index contributed by atoms with van der Waals surface area (Å²) in [6.45, 7) is 0. The van der Waals surface area contributed by atoms with Crippen molar-refractivity contribution in [2.45, 2.75) is 31.7 Å². The molecule has 0 radical (unpaired) electrons. The normalized spacial score (nSPS) is 29.0. The number of benzene rings is 1. The largest absolute Gasteiger partial charge is 0.350 e. The highest BCUT2D eigenvalue weighted by Gasteiger charge is 2.39. The van der Waals surface area contributed by atoms with Gasteiger partial charge in [-0.2, -0.15) is 0 Å². The van der Waals surface area contributed by atoms with Crippen LogP contribution in [0.5, 0.6) is 0 Å². The van der Waals surface area contributed by atoms with Crippen molar-refractivity contribution in [2.75, 3.05) is 0 Å². The number of nitrogens with one attached hydrogen (secondary N) is 1. The maximum atomic E-state index is 12.7. The van der Waals surface area contributed by atoms with Gasteiger partial charge in [-0.15, -0.1) is 0 Å². The molecule has 2 nitrogen and oxygen atoms in total. The Morgan fingerprint density at radius 2 is 2.00 bits per heavy atom. The molecule has 19 heavy (non-hydrogen) atoms. The molecule has 0 aromatic heterocycles. The van der Waals surface area contributed by atoms with E-state index < -0.39 is 0 Å². The first-order chi connectivity index (χ1) is 9.20. The van der Waals surface area contributed by atoms with Gasteiger partial charge in [0.1, 0.15) is 5.82 Å². The summed E-state index contributed by atoms with van der Waals surface area (Å²) in [4.78, 5) is 11.8. The summed E-state index contributed by atoms with van der Waals surface area (Å²) in [5.74, 6) is 1.22. The number of halogens is 1. The van der Waals surface area contributed by atoms with Crippen molar-refractivity contribution < 1.29 is 9.18 Å². The molecule has 1 amide bonds. The highest BCUT2D eigenvalue weighted by molar-refractivity contribution is 5.91. The predicted molar refractivity (Wildman–Crippen MR) is 72.8 cm³/mol. The van der Waals surface area contributed by atoms with Crippen LogP contribution in [0.3, 0.4) is 0 Å². The minimum absolute atomic E-state index is 0.0399. The second-order valence-electron chi connectivity index (χ2n) is 5.67. The molecule has 0 aliphatic heterocycles. The third-order valence-electron chi connectivity index (χ3n) is 4.36. The van der Waals surface area contributed by atoms with Crippen molar-refractivity contribution in [3.8, 4) is 0 Å². The van der Waals surface area contributed by atoms with E-state index >= 15 is 0 Å². The average molecular weight is 259 g/mol. The maximum Gasteiger partial charge on any atom is 0.244 e. The van der Waals surface area contributed by atoms with Crippen LogP contribution in [0.15, 0.2) is 30.3 Å². The summed E-state index contributed by atoms with van der Waals surface area (Å²) < 4.78 is 12.7. The number of fused-ring (bicyclic) bond motifs is 2. The van der Waals surface area contributed by atoms with E-state index in [0.29, 0.717) is 12.0 Å². The lowest BCUT2D eigenvalue weighted by Gasteiger charge is -2.22.